The molecule has 581 valence electrons. The van der Waals surface area contributed by atoms with Gasteiger partial charge in [-0.3, -0.25) is 76.3 Å². The van der Waals surface area contributed by atoms with Gasteiger partial charge in [-0.25, -0.2) is 9.78 Å². The number of nitrogens with zero attached hydrogens (tertiary/aromatic N) is 10. The third-order valence-electron chi connectivity index (χ3n) is 13.5. The molecule has 0 aliphatic rings. The number of carboxylic acids is 1. The van der Waals surface area contributed by atoms with Gasteiger partial charge >= 0.3 is 5.97 Å². The summed E-state index contributed by atoms with van der Waals surface area (Å²) in [4.78, 5) is 48.6. The van der Waals surface area contributed by atoms with E-state index in [0.29, 0.717) is 28.6 Å². The number of ketones is 2. The van der Waals surface area contributed by atoms with Crippen molar-refractivity contribution < 1.29 is 151 Å². The van der Waals surface area contributed by atoms with Crippen molar-refractivity contribution in [2.24, 2.45) is 10.8 Å². The van der Waals surface area contributed by atoms with Crippen molar-refractivity contribution in [2.45, 2.75) is 48.0 Å². The molecule has 7 aromatic heterocycles. The molecule has 7 heterocycles. The van der Waals surface area contributed by atoms with Crippen LogP contribution < -0.4 is 29.0 Å². The first-order valence-electron chi connectivity index (χ1n) is 31.2. The third-order valence-corrected chi connectivity index (χ3v) is 13.5. The minimum Gasteiger partial charge on any atom is -0.497 e. The molecule has 0 fully saturated rings. The fourth-order valence-corrected chi connectivity index (χ4v) is 7.99. The van der Waals surface area contributed by atoms with Crippen molar-refractivity contribution >= 4 is 17.5 Å². The van der Waals surface area contributed by atoms with E-state index < -0.39 is 86.6 Å². The van der Waals surface area contributed by atoms with Crippen LogP contribution in [0.3, 0.4) is 0 Å². The van der Waals surface area contributed by atoms with Crippen LogP contribution in [0.25, 0.3) is 50.8 Å². The number of ether oxygens (including phenoxy) is 2. The van der Waals surface area contributed by atoms with Gasteiger partial charge in [-0.2, -0.15) is 11.2 Å². The van der Waals surface area contributed by atoms with Crippen molar-refractivity contribution in [1.29, 1.82) is 0 Å². The molecule has 0 atom stereocenters. The molecule has 0 amide bonds. The molecular formula is C79H62F12Ir3N10O6-6. The summed E-state index contributed by atoms with van der Waals surface area (Å²) in [5, 5.41) is 19.7. The first kappa shape index (κ1) is 93.3. The van der Waals surface area contributed by atoms with Crippen molar-refractivity contribution in [2.75, 3.05) is 14.2 Å². The fourth-order valence-electron chi connectivity index (χ4n) is 7.99. The zero-order valence-corrected chi connectivity index (χ0v) is 66.1. The van der Waals surface area contributed by atoms with Crippen LogP contribution in [0, 0.1) is 117 Å². The van der Waals surface area contributed by atoms with Crippen molar-refractivity contribution in [1.82, 2.24) is 39.9 Å². The molecule has 0 bridgehead atoms. The van der Waals surface area contributed by atoms with E-state index in [9.17, 15) is 67.1 Å². The number of aromatic carboxylic acids is 1. The summed E-state index contributed by atoms with van der Waals surface area (Å²) in [6.45, 7) is 11.0. The minimum atomic E-state index is -0.990. The summed E-state index contributed by atoms with van der Waals surface area (Å²) in [6, 6.07) is 47.4. The van der Waals surface area contributed by atoms with Crippen LogP contribution in [0.5, 0.6) is 11.5 Å². The summed E-state index contributed by atoms with van der Waals surface area (Å²) in [5.41, 5.74) is 1.23. The van der Waals surface area contributed by atoms with Gasteiger partial charge in [0.05, 0.1) is 32.3 Å². The van der Waals surface area contributed by atoms with Crippen molar-refractivity contribution in [3.63, 3.8) is 0 Å². The summed E-state index contributed by atoms with van der Waals surface area (Å²) < 4.78 is 169. The average Bonchev–Trinajstić information content (AvgIpc) is 1.22. The predicted molar refractivity (Wildman–Crippen MR) is 366 cm³/mol. The molecule has 13 aromatic rings. The Hall–Kier alpha value is -10.9. The molecule has 3 radical (unpaired) electrons. The molecule has 31 heteroatoms. The van der Waals surface area contributed by atoms with Gasteiger partial charge in [0.1, 0.15) is 40.1 Å². The van der Waals surface area contributed by atoms with Crippen LogP contribution in [-0.4, -0.2) is 66.6 Å². The first-order chi connectivity index (χ1) is 50.8. The monoisotopic (exact) mass is 2050 g/mol. The SMILES string of the molecule is CC(C)(C)C(=O)CC(=O)C(C)(C)C.COc1ccnc(-c2[c-]cc(F)cc2F)c1.COc1ccnc(-c2[c-]cc(F)cc2F)c1.Fc1c[c-]c(-[n+]2ccc[n-]2)c(F)c1.Fc1c[c-]c(-[n+]2ccc[n-]2)c(F)c1.Fc1c[c-]c(-c2ccccn2)c(F)c1.Fc1c[c-]c(-n2cccn2)c(F)c1.O=C(O)c1ccccn1.[Ir].[Ir].[Ir]. The number of hydrogen-bond acceptors (Lipinski definition) is 10. The van der Waals surface area contributed by atoms with Gasteiger partial charge in [0, 0.05) is 166 Å². The number of halogens is 12. The molecule has 0 saturated carbocycles. The van der Waals surface area contributed by atoms with Gasteiger partial charge in [-0.1, -0.05) is 107 Å². The standard InChI is InChI=1S/2C12H8F2NO.C11H6F2N.C11H20O2.3C9H5F2N2.C6H5NO2.3Ir/c2*1-16-9-4-5-15-12(7-9)10-3-2-8(13)6-11(10)14;12-8-4-5-9(10(13)7-8)11-3-1-2-6-14-11;1-10(2,3)8(12)7-9(13)11(4,5)6;3*10-7-2-3-9(8(11)6-7)13-5-1-4-12-13;8-6(9)5-3-1-2-4-7-5;;;/h2*2,4-7H,1H3;1-4,6-7H;7H2,1-6H3;3*1-2,4-6H;1-4H,(H,8,9);;;/q3*-1;;3*-1;;;;. The Labute approximate surface area is 665 Å². The Morgan fingerprint density at radius 3 is 1.12 bits per heavy atom. The summed E-state index contributed by atoms with van der Waals surface area (Å²) in [6.07, 6.45) is 15.3. The molecule has 0 aliphatic heterocycles. The van der Waals surface area contributed by atoms with Crippen LogP contribution in [0.1, 0.15) is 58.5 Å². The Bertz CT molecular complexity index is 4680. The van der Waals surface area contributed by atoms with Gasteiger partial charge < -0.3 is 39.7 Å². The van der Waals surface area contributed by atoms with Gasteiger partial charge in [0.2, 0.25) is 0 Å². The van der Waals surface area contributed by atoms with Crippen LogP contribution in [0.2, 0.25) is 0 Å². The number of pyridine rings is 4. The first-order valence-corrected chi connectivity index (χ1v) is 31.2. The number of benzene rings is 6. The number of carbonyl (C=O) groups excluding carboxylic acids is 2. The summed E-state index contributed by atoms with van der Waals surface area (Å²) in [5.74, 6) is -7.80. The number of hydrogen-bond donors (Lipinski definition) is 1. The van der Waals surface area contributed by atoms with Gasteiger partial charge in [-0.05, 0) is 83.4 Å². The van der Waals surface area contributed by atoms with E-state index in [1.165, 1.54) is 71.5 Å². The second-order valence-corrected chi connectivity index (χ2v) is 23.4. The average molecular weight is 2050 g/mol. The van der Waals surface area contributed by atoms with Crippen LogP contribution in [-0.2, 0) is 69.9 Å². The molecule has 1 N–H and O–H groups in total. The van der Waals surface area contributed by atoms with E-state index in [4.69, 9.17) is 14.6 Å². The molecule has 0 spiro atoms. The smallest absolute Gasteiger partial charge is 0.354 e. The Kier molecular flexibility index (Phi) is 38.8. The van der Waals surface area contributed by atoms with Crippen molar-refractivity contribution in [3.05, 3.63) is 326 Å². The van der Waals surface area contributed by atoms with E-state index in [1.807, 2.05) is 41.5 Å². The van der Waals surface area contributed by atoms with E-state index in [2.05, 4.69) is 71.6 Å². The van der Waals surface area contributed by atoms with Crippen LogP contribution in [0.15, 0.2) is 214 Å². The maximum atomic E-state index is 13.4. The molecular weight excluding hydrogens is 1990 g/mol. The Morgan fingerprint density at radius 1 is 0.436 bits per heavy atom. The number of rotatable bonds is 11. The zero-order chi connectivity index (χ0) is 78.4. The van der Waals surface area contributed by atoms with Crippen LogP contribution in [0.4, 0.5) is 52.7 Å². The molecule has 16 nitrogen and oxygen atoms in total. The minimum absolute atomic E-state index is 0. The molecule has 0 saturated heterocycles. The van der Waals surface area contributed by atoms with Crippen LogP contribution >= 0.6 is 0 Å². The number of Topliss-reactive ketones (excluding diaryl/α,β-unsaturated/α-hetero) is 2. The largest absolute Gasteiger partial charge is 0.497 e. The summed E-state index contributed by atoms with van der Waals surface area (Å²) >= 11 is 0. The number of methoxy groups -OCH3 is 2. The number of carbonyl (C=O) groups is 3. The Balaban J connectivity index is 0.000000326. The topological polar surface area (TPSA) is 195 Å². The molecule has 0 aliphatic carbocycles. The normalized spacial score (nSPS) is 10.1. The van der Waals surface area contributed by atoms with Gasteiger partial charge in [0.25, 0.3) is 0 Å². The van der Waals surface area contributed by atoms with Gasteiger partial charge in [-0.15, -0.1) is 85.2 Å². The summed E-state index contributed by atoms with van der Waals surface area (Å²) in [7, 11) is 3.01. The van der Waals surface area contributed by atoms with Gasteiger partial charge in [0.15, 0.2) is 12.4 Å². The second kappa shape index (κ2) is 45.8. The second-order valence-electron chi connectivity index (χ2n) is 23.4. The zero-order valence-electron chi connectivity index (χ0n) is 58.9. The third kappa shape index (κ3) is 30.3. The number of aromatic nitrogens is 10. The van der Waals surface area contributed by atoms with E-state index >= 15 is 0 Å². The predicted octanol–water partition coefficient (Wildman–Crippen LogP) is 15.8. The molecule has 0 unspecified atom stereocenters. The van der Waals surface area contributed by atoms with E-state index in [0.717, 1.165) is 72.8 Å². The quantitative estimate of drug-likeness (QED) is 0.0556. The maximum Gasteiger partial charge on any atom is 0.354 e. The maximum absolute atomic E-state index is 13.4. The fraction of sp³-hybridized carbons (Fsp3) is 0.139. The molecule has 110 heavy (non-hydrogen) atoms. The van der Waals surface area contributed by atoms with E-state index in [1.54, 1.807) is 97.6 Å². The van der Waals surface area contributed by atoms with Crippen molar-refractivity contribution in [3.8, 4) is 62.3 Å². The molecule has 6 aromatic carbocycles. The Morgan fingerprint density at radius 2 is 0.809 bits per heavy atom. The number of carboxylic acid groups (broad SMARTS) is 1. The molecule has 13 rings (SSSR count). The van der Waals surface area contributed by atoms with E-state index in [-0.39, 0.29) is 118 Å².